The van der Waals surface area contributed by atoms with Crippen LogP contribution in [0.2, 0.25) is 24.6 Å². The van der Waals surface area contributed by atoms with Crippen LogP contribution in [0.1, 0.15) is 19.4 Å². The Morgan fingerprint density at radius 3 is 1.12 bits per heavy atom. The molecule has 0 unspecified atom stereocenters. The number of nitrogens with zero attached hydrogens (tertiary/aromatic N) is 15. The molecule has 2 radical (unpaired) electrons. The predicted molar refractivity (Wildman–Crippen MR) is 505 cm³/mol. The van der Waals surface area contributed by atoms with E-state index < -0.39 is 22.3 Å². The van der Waals surface area contributed by atoms with E-state index in [1.165, 1.54) is 77.7 Å². The molecule has 120 heavy (non-hydrogen) atoms. The molecule has 21 aromatic rings. The predicted octanol–water partition coefficient (Wildman–Crippen LogP) is 22.5. The van der Waals surface area contributed by atoms with Crippen molar-refractivity contribution in [1.29, 1.82) is 0 Å². The van der Waals surface area contributed by atoms with E-state index in [0.717, 1.165) is 106 Å². The molecule has 0 saturated carbocycles. The normalized spacial score (nSPS) is 14.6. The molecule has 6 aromatic heterocycles. The van der Waals surface area contributed by atoms with Gasteiger partial charge < -0.3 is 19.2 Å². The van der Waals surface area contributed by atoms with Crippen molar-refractivity contribution in [3.63, 3.8) is 0 Å². The fourth-order valence-corrected chi connectivity index (χ4v) is 26.3. The number of benzene rings is 15. The van der Waals surface area contributed by atoms with Gasteiger partial charge in [0.15, 0.2) is 0 Å². The summed E-state index contributed by atoms with van der Waals surface area (Å²) < 4.78 is 15.2. The number of anilines is 12. The Kier molecular flexibility index (Phi) is 15.6. The number of para-hydroxylation sites is 21. The summed E-state index contributed by atoms with van der Waals surface area (Å²) in [5.41, 5.74) is 32.8. The van der Waals surface area contributed by atoms with Gasteiger partial charge in [0.05, 0.1) is 78.3 Å². The Balaban J connectivity index is 0.000000102. The molecule has 0 N–H and O–H groups in total. The maximum atomic E-state index is 5.11. The van der Waals surface area contributed by atoms with E-state index in [4.69, 9.17) is 15.0 Å². The molecule has 0 fully saturated rings. The first-order valence-electron chi connectivity index (χ1n) is 41.3. The van der Waals surface area contributed by atoms with Crippen molar-refractivity contribution in [2.45, 2.75) is 43.8 Å². The van der Waals surface area contributed by atoms with E-state index in [1.54, 1.807) is 0 Å². The zero-order valence-electron chi connectivity index (χ0n) is 67.1. The molecule has 0 aliphatic carbocycles. The van der Waals surface area contributed by atoms with E-state index in [0.29, 0.717) is 0 Å². The minimum absolute atomic E-state index is 0.0835. The van der Waals surface area contributed by atoms with Crippen LogP contribution in [-0.2, 0) is 5.31 Å². The summed E-state index contributed by atoms with van der Waals surface area (Å²) in [6.07, 6.45) is 0. The summed E-state index contributed by atoms with van der Waals surface area (Å²) in [6, 6.07) is 131. The summed E-state index contributed by atoms with van der Waals surface area (Å²) in [5.74, 6) is 7.62. The quantitative estimate of drug-likeness (QED) is 0.138. The van der Waals surface area contributed by atoms with Crippen molar-refractivity contribution in [2.24, 2.45) is 0 Å². The Morgan fingerprint density at radius 1 is 0.292 bits per heavy atom. The molecule has 15 nitrogen and oxygen atoms in total. The molecule has 0 bridgehead atoms. The van der Waals surface area contributed by atoms with Crippen molar-refractivity contribution in [3.8, 4) is 17.1 Å². The molecular formula is C100H78B3GeN15Si. The maximum absolute atomic E-state index is 5.11. The molecule has 11 heterocycles. The van der Waals surface area contributed by atoms with Gasteiger partial charge in [0.1, 0.15) is 7.94 Å². The first-order valence-corrected chi connectivity index (χ1v) is 49.6. The van der Waals surface area contributed by atoms with Crippen molar-refractivity contribution in [1.82, 2.24) is 41.9 Å². The summed E-state index contributed by atoms with van der Waals surface area (Å²) in [5, 5.41) is 1.44. The van der Waals surface area contributed by atoms with Gasteiger partial charge in [-0.15, -0.1) is 0 Å². The first-order chi connectivity index (χ1) is 58.9. The van der Waals surface area contributed by atoms with Crippen LogP contribution in [0.5, 0.6) is 0 Å². The van der Waals surface area contributed by atoms with Gasteiger partial charge in [-0.05, 0) is 144 Å². The average molecular weight is 1620 g/mol. The third kappa shape index (κ3) is 10.2. The molecular weight excluding hydrogens is 1540 g/mol. The van der Waals surface area contributed by atoms with Crippen molar-refractivity contribution in [2.75, 3.05) is 28.9 Å². The van der Waals surface area contributed by atoms with Crippen molar-refractivity contribution < 1.29 is 0 Å². The topological polar surface area (TPSA) is 86.1 Å². The molecule has 570 valence electrons. The second-order valence-corrected chi connectivity index (χ2v) is 43.1. The number of hydrogen-bond acceptors (Lipinski definition) is 9. The van der Waals surface area contributed by atoms with E-state index in [-0.39, 0.29) is 18.9 Å². The van der Waals surface area contributed by atoms with E-state index in [2.05, 4.69) is 466 Å². The second-order valence-electron chi connectivity index (χ2n) is 33.3. The van der Waals surface area contributed by atoms with Gasteiger partial charge in [0, 0.05) is 28.1 Å². The number of hydrogen-bond donors (Lipinski definition) is 0. The first kappa shape index (κ1) is 70.1. The van der Waals surface area contributed by atoms with Gasteiger partial charge in [-0.3, -0.25) is 17.9 Å². The zero-order valence-corrected chi connectivity index (χ0v) is 70.2. The fraction of sp³-hybridized carbons (Fsp3) is 0.0700. The molecule has 5 aliphatic heterocycles. The van der Waals surface area contributed by atoms with Gasteiger partial charge in [-0.1, -0.05) is 166 Å². The Bertz CT molecular complexity index is 7470. The van der Waals surface area contributed by atoms with Crippen LogP contribution >= 0.6 is 0 Å². The number of aromatic nitrogens is 9. The summed E-state index contributed by atoms with van der Waals surface area (Å²) in [6.45, 7) is 10.2. The summed E-state index contributed by atoms with van der Waals surface area (Å²) >= 11 is -1.32. The molecule has 5 aliphatic rings. The van der Waals surface area contributed by atoms with E-state index >= 15 is 0 Å². The van der Waals surface area contributed by atoms with Gasteiger partial charge in [-0.2, -0.15) is 0 Å². The second kappa shape index (κ2) is 26.7. The van der Waals surface area contributed by atoms with Gasteiger partial charge in [-0.25, -0.2) is 9.97 Å². The molecule has 0 saturated heterocycles. The third-order valence-electron chi connectivity index (χ3n) is 25.5. The summed E-state index contributed by atoms with van der Waals surface area (Å²) in [4.78, 5) is 30.2. The molecule has 26 rings (SSSR count). The molecule has 20 heteroatoms. The minimum atomic E-state index is -1.90. The van der Waals surface area contributed by atoms with Crippen molar-refractivity contribution >= 4 is 205 Å². The van der Waals surface area contributed by atoms with Crippen LogP contribution in [0, 0.1) is 0 Å². The Hall–Kier alpha value is -14.1. The van der Waals surface area contributed by atoms with Crippen LogP contribution in [-0.4, -0.2) is 85.3 Å². The Morgan fingerprint density at radius 2 is 0.633 bits per heavy atom. The summed E-state index contributed by atoms with van der Waals surface area (Å²) in [7, 11) is 0.348. The fourth-order valence-electron chi connectivity index (χ4n) is 20.4. The van der Waals surface area contributed by atoms with Gasteiger partial charge >= 0.3 is 222 Å². The van der Waals surface area contributed by atoms with Crippen LogP contribution in [0.15, 0.2) is 364 Å². The SMILES string of the molecule is CC1(C)B2N(c3cccc(-n4c5ccccc5n5c6ccccc6nc45)c3)c3ccccc3N2c2ccccc21.C[Si]1(C)B2N(c3cccc(-n4c5ccccc5n5c6ccccc6nc45)c3)c3ccccc3N2c2ccccc21.[CH3][Ge]([CH3])[c]1ccccc1N1[B]N(c2cccc(-n3c4ccccc4n4c5ccccc5nc34)c2)c2ccccc21. The van der Waals surface area contributed by atoms with Crippen LogP contribution < -0.4 is 38.4 Å². The van der Waals surface area contributed by atoms with E-state index in [9.17, 15) is 0 Å². The van der Waals surface area contributed by atoms with Crippen molar-refractivity contribution in [3.05, 3.63) is 370 Å². The molecule has 15 aromatic carbocycles. The number of fused-ring (bicyclic) bond motifs is 26. The average Bonchev–Trinajstić information content (AvgIpc) is 1.52. The van der Waals surface area contributed by atoms with E-state index in [1.807, 2.05) is 0 Å². The standard InChI is InChI=1S/C34H26BN5.C33H26BGeN5.C33H26BN5Si/c1-34(2)25-14-3-5-16-27(25)40-32-21-10-9-20-31(32)39(35(34)40)24-13-11-12-23(22-24)37-29-18-7-8-19-30(29)38-28-17-6-4-15-26(28)36-33(37)38;1-35(2)25-14-3-5-16-27(25)40-32-21-10-9-20-31(32)39(34-40)24-13-11-12-23(22-24)37-29-18-7-8-19-30(29)38-28-17-6-4-15-26(28)36-33(37)38;1-40(2)32-21-10-9-20-31(32)39-30-19-8-7-18-29(30)38(34(39)40)24-13-11-12-23(22-24)36-27-16-5-6-17-28(27)37-26-15-4-3-14-25(26)35-33(36)37/h3*3-22H,1-2H3. The molecule has 0 amide bonds. The Labute approximate surface area is 700 Å². The zero-order chi connectivity index (χ0) is 80.0. The molecule has 0 spiro atoms. The third-order valence-corrected chi connectivity index (χ3v) is 32.3. The van der Waals surface area contributed by atoms with Crippen LogP contribution in [0.3, 0.4) is 0 Å². The van der Waals surface area contributed by atoms with Crippen LogP contribution in [0.4, 0.5) is 68.2 Å². The van der Waals surface area contributed by atoms with Gasteiger partial charge in [0.25, 0.3) is 0 Å². The van der Waals surface area contributed by atoms with Crippen LogP contribution in [0.25, 0.3) is 101 Å². The number of rotatable bonds is 8. The molecule has 0 atom stereocenters. The van der Waals surface area contributed by atoms with Gasteiger partial charge in [0.2, 0.25) is 11.6 Å². The number of imidazole rings is 6. The monoisotopic (exact) mass is 1620 g/mol.